The highest BCUT2D eigenvalue weighted by Gasteiger charge is 2.00. The first-order valence-electron chi connectivity index (χ1n) is 4.75. The molecule has 2 aromatic rings. The monoisotopic (exact) mass is 220 g/mol. The Morgan fingerprint density at radius 1 is 1.19 bits per heavy atom. The van der Waals surface area contributed by atoms with Crippen LogP contribution in [0.25, 0.3) is 0 Å². The molecule has 7 heteroatoms. The summed E-state index contributed by atoms with van der Waals surface area (Å²) in [4.78, 5) is 0. The predicted molar refractivity (Wildman–Crippen MR) is 58.6 cm³/mol. The molecule has 84 valence electrons. The van der Waals surface area contributed by atoms with Gasteiger partial charge >= 0.3 is 0 Å². The number of aromatic nitrogens is 4. The number of ether oxygens (including phenoxy) is 1. The first kappa shape index (κ1) is 10.2. The molecule has 0 amide bonds. The molecule has 0 aliphatic heterocycles. The maximum absolute atomic E-state index is 5.55. The van der Waals surface area contributed by atoms with Gasteiger partial charge in [-0.2, -0.15) is 0 Å². The van der Waals surface area contributed by atoms with Gasteiger partial charge in [-0.1, -0.05) is 5.10 Å². The van der Waals surface area contributed by atoms with Crippen molar-refractivity contribution in [2.45, 2.75) is 6.54 Å². The highest BCUT2D eigenvalue weighted by molar-refractivity contribution is 5.41. The number of nitrogens with zero attached hydrogens (tertiary/aromatic N) is 4. The lowest BCUT2D eigenvalue weighted by atomic mass is 10.3. The zero-order chi connectivity index (χ0) is 11.4. The molecule has 0 aliphatic rings. The van der Waals surface area contributed by atoms with E-state index in [4.69, 9.17) is 16.2 Å². The van der Waals surface area contributed by atoms with E-state index in [1.807, 2.05) is 0 Å². The molecule has 1 aromatic heterocycles. The number of rotatable bonds is 4. The Bertz CT molecular complexity index is 451. The average molecular weight is 220 g/mol. The Labute approximate surface area is 92.0 Å². The number of benzene rings is 1. The number of nitrogens with two attached hydrogens (primary N) is 2. The normalized spacial score (nSPS) is 10.2. The summed E-state index contributed by atoms with van der Waals surface area (Å²) in [7, 11) is 0. The van der Waals surface area contributed by atoms with E-state index in [2.05, 4.69) is 15.5 Å². The summed E-state index contributed by atoms with van der Waals surface area (Å²) < 4.78 is 6.93. The van der Waals surface area contributed by atoms with Gasteiger partial charge in [0.25, 0.3) is 0 Å². The molecule has 0 saturated carbocycles. The van der Waals surface area contributed by atoms with Gasteiger partial charge in [0.2, 0.25) is 5.95 Å². The highest BCUT2D eigenvalue weighted by Crippen LogP contribution is 2.12. The third kappa shape index (κ3) is 2.38. The van der Waals surface area contributed by atoms with Crippen LogP contribution in [-0.2, 0) is 6.54 Å². The Morgan fingerprint density at radius 3 is 2.56 bits per heavy atom. The largest absolute Gasteiger partial charge is 0.492 e. The van der Waals surface area contributed by atoms with E-state index in [0.29, 0.717) is 18.8 Å². The van der Waals surface area contributed by atoms with Crippen molar-refractivity contribution in [3.05, 3.63) is 24.3 Å². The second-order valence-electron chi connectivity index (χ2n) is 3.18. The summed E-state index contributed by atoms with van der Waals surface area (Å²) in [5, 5.41) is 10.7. The van der Waals surface area contributed by atoms with Crippen LogP contribution in [0.4, 0.5) is 11.6 Å². The van der Waals surface area contributed by atoms with Gasteiger partial charge in [0.1, 0.15) is 12.4 Å². The maximum atomic E-state index is 5.55. The minimum absolute atomic E-state index is 0.279. The van der Waals surface area contributed by atoms with Crippen LogP contribution in [0.2, 0.25) is 0 Å². The van der Waals surface area contributed by atoms with Gasteiger partial charge in [0, 0.05) is 5.69 Å². The van der Waals surface area contributed by atoms with E-state index < -0.39 is 0 Å². The van der Waals surface area contributed by atoms with Crippen LogP contribution in [0.5, 0.6) is 5.75 Å². The minimum atomic E-state index is 0.279. The third-order valence-electron chi connectivity index (χ3n) is 2.01. The molecule has 4 N–H and O–H groups in total. The molecule has 0 bridgehead atoms. The predicted octanol–water partition coefficient (Wildman–Crippen LogP) is -0.0835. The van der Waals surface area contributed by atoms with E-state index in [1.54, 1.807) is 24.3 Å². The molecular weight excluding hydrogens is 208 g/mol. The summed E-state index contributed by atoms with van der Waals surface area (Å²) in [6.07, 6.45) is 0. The van der Waals surface area contributed by atoms with Crippen molar-refractivity contribution >= 4 is 11.6 Å². The molecular formula is C9H12N6O. The van der Waals surface area contributed by atoms with Gasteiger partial charge in [-0.05, 0) is 34.7 Å². The van der Waals surface area contributed by atoms with Crippen LogP contribution < -0.4 is 16.2 Å². The summed E-state index contributed by atoms with van der Waals surface area (Å²) in [5.74, 6) is 1.03. The Hall–Kier alpha value is -2.31. The Balaban J connectivity index is 1.84. The van der Waals surface area contributed by atoms with E-state index >= 15 is 0 Å². The van der Waals surface area contributed by atoms with Gasteiger partial charge in [-0.25, -0.2) is 4.68 Å². The second-order valence-corrected chi connectivity index (χ2v) is 3.18. The van der Waals surface area contributed by atoms with Crippen molar-refractivity contribution in [3.8, 4) is 5.75 Å². The van der Waals surface area contributed by atoms with E-state index in [0.717, 1.165) is 5.75 Å². The second kappa shape index (κ2) is 4.47. The molecule has 1 aromatic carbocycles. The number of anilines is 2. The standard InChI is InChI=1S/C9H12N6O/c10-7-1-3-8(4-2-7)16-6-5-15-9(11)12-13-14-15/h1-4H,5-6,10H2,(H2,11,12,14). The molecule has 0 fully saturated rings. The van der Waals surface area contributed by atoms with Crippen molar-refractivity contribution < 1.29 is 4.74 Å². The number of tetrazole rings is 1. The van der Waals surface area contributed by atoms with Crippen LogP contribution in [-0.4, -0.2) is 26.8 Å². The van der Waals surface area contributed by atoms with E-state index in [1.165, 1.54) is 4.68 Å². The molecule has 0 atom stereocenters. The van der Waals surface area contributed by atoms with Crippen LogP contribution in [0, 0.1) is 0 Å². The highest BCUT2D eigenvalue weighted by atomic mass is 16.5. The molecule has 16 heavy (non-hydrogen) atoms. The van der Waals surface area contributed by atoms with Crippen LogP contribution in [0.15, 0.2) is 24.3 Å². The number of nitrogen functional groups attached to an aromatic ring is 2. The molecule has 2 rings (SSSR count). The SMILES string of the molecule is Nc1ccc(OCCn2nnnc2N)cc1. The first-order chi connectivity index (χ1) is 7.75. The van der Waals surface area contributed by atoms with Crippen molar-refractivity contribution in [3.63, 3.8) is 0 Å². The fraction of sp³-hybridized carbons (Fsp3) is 0.222. The smallest absolute Gasteiger partial charge is 0.240 e. The zero-order valence-corrected chi connectivity index (χ0v) is 8.58. The lowest BCUT2D eigenvalue weighted by molar-refractivity contribution is 0.291. The topological polar surface area (TPSA) is 105 Å². The zero-order valence-electron chi connectivity index (χ0n) is 8.58. The molecule has 0 spiro atoms. The van der Waals surface area contributed by atoms with Gasteiger partial charge in [0.15, 0.2) is 0 Å². The van der Waals surface area contributed by atoms with Gasteiger partial charge < -0.3 is 16.2 Å². The molecule has 1 heterocycles. The summed E-state index contributed by atoms with van der Waals surface area (Å²) in [6.45, 7) is 0.947. The average Bonchev–Trinajstić information content (AvgIpc) is 2.68. The fourth-order valence-electron chi connectivity index (χ4n) is 1.18. The molecule has 0 radical (unpaired) electrons. The molecule has 7 nitrogen and oxygen atoms in total. The minimum Gasteiger partial charge on any atom is -0.492 e. The van der Waals surface area contributed by atoms with E-state index in [-0.39, 0.29) is 5.95 Å². The lowest BCUT2D eigenvalue weighted by Crippen LogP contribution is -2.12. The Morgan fingerprint density at radius 2 is 1.94 bits per heavy atom. The first-order valence-corrected chi connectivity index (χ1v) is 4.75. The third-order valence-corrected chi connectivity index (χ3v) is 2.01. The number of hydrogen-bond donors (Lipinski definition) is 2. The summed E-state index contributed by atoms with van der Waals surface area (Å²) in [6, 6.07) is 7.16. The summed E-state index contributed by atoms with van der Waals surface area (Å²) in [5.41, 5.74) is 11.7. The van der Waals surface area contributed by atoms with Crippen molar-refractivity contribution in [2.24, 2.45) is 0 Å². The summed E-state index contributed by atoms with van der Waals surface area (Å²) >= 11 is 0. The fourth-order valence-corrected chi connectivity index (χ4v) is 1.18. The van der Waals surface area contributed by atoms with Crippen molar-refractivity contribution in [2.75, 3.05) is 18.1 Å². The number of hydrogen-bond acceptors (Lipinski definition) is 6. The lowest BCUT2D eigenvalue weighted by Gasteiger charge is -2.06. The molecule has 0 saturated heterocycles. The van der Waals surface area contributed by atoms with Crippen LogP contribution in [0.3, 0.4) is 0 Å². The van der Waals surface area contributed by atoms with Gasteiger partial charge in [0.05, 0.1) is 6.54 Å². The van der Waals surface area contributed by atoms with Crippen LogP contribution in [0.1, 0.15) is 0 Å². The maximum Gasteiger partial charge on any atom is 0.240 e. The Kier molecular flexibility index (Phi) is 2.86. The quantitative estimate of drug-likeness (QED) is 0.698. The van der Waals surface area contributed by atoms with Crippen molar-refractivity contribution in [1.29, 1.82) is 0 Å². The van der Waals surface area contributed by atoms with E-state index in [9.17, 15) is 0 Å². The van der Waals surface area contributed by atoms with Gasteiger partial charge in [-0.15, -0.1) is 0 Å². The van der Waals surface area contributed by atoms with Crippen LogP contribution >= 0.6 is 0 Å². The molecule has 0 aliphatic carbocycles. The molecule has 0 unspecified atom stereocenters. The van der Waals surface area contributed by atoms with Gasteiger partial charge in [-0.3, -0.25) is 0 Å². The van der Waals surface area contributed by atoms with Crippen molar-refractivity contribution in [1.82, 2.24) is 20.2 Å².